The van der Waals surface area contributed by atoms with Gasteiger partial charge in [0.05, 0.1) is 11.4 Å². The van der Waals surface area contributed by atoms with Gasteiger partial charge in [-0.05, 0) is 36.3 Å². The molecule has 1 rings (SSSR count). The molecule has 1 aromatic rings. The fourth-order valence-corrected chi connectivity index (χ4v) is 2.17. The lowest BCUT2D eigenvalue weighted by Crippen LogP contribution is -2.20. The van der Waals surface area contributed by atoms with Gasteiger partial charge in [0.15, 0.2) is 0 Å². The minimum atomic E-state index is 0.164. The van der Waals surface area contributed by atoms with Crippen LogP contribution in [0.3, 0.4) is 0 Å². The summed E-state index contributed by atoms with van der Waals surface area (Å²) in [5, 5.41) is 8.57. The van der Waals surface area contributed by atoms with E-state index in [4.69, 9.17) is 0 Å². The van der Waals surface area contributed by atoms with Crippen LogP contribution < -0.4 is 0 Å². The van der Waals surface area contributed by atoms with Crippen molar-refractivity contribution >= 4 is 0 Å². The molecular formula is C13H22N2. The SMILES string of the molecule is CCc1nnc(C)c(CC)c1C(C)(C)C. The smallest absolute Gasteiger partial charge is 0.0668 e. The molecule has 0 spiro atoms. The van der Waals surface area contributed by atoms with Crippen LogP contribution >= 0.6 is 0 Å². The molecule has 2 heteroatoms. The average molecular weight is 206 g/mol. The fourth-order valence-electron chi connectivity index (χ4n) is 2.17. The Bertz CT molecular complexity index is 348. The molecule has 84 valence electrons. The molecule has 0 aliphatic carbocycles. The van der Waals surface area contributed by atoms with Crippen molar-refractivity contribution in [2.75, 3.05) is 0 Å². The number of hydrogen-bond donors (Lipinski definition) is 0. The van der Waals surface area contributed by atoms with E-state index in [-0.39, 0.29) is 5.41 Å². The molecule has 0 aliphatic heterocycles. The Morgan fingerprint density at radius 1 is 1.00 bits per heavy atom. The van der Waals surface area contributed by atoms with Crippen molar-refractivity contribution in [1.82, 2.24) is 10.2 Å². The zero-order chi connectivity index (χ0) is 11.6. The van der Waals surface area contributed by atoms with E-state index < -0.39 is 0 Å². The van der Waals surface area contributed by atoms with Crippen LogP contribution in [0.1, 0.15) is 57.1 Å². The van der Waals surface area contributed by atoms with Crippen LogP contribution in [0.25, 0.3) is 0 Å². The lowest BCUT2D eigenvalue weighted by molar-refractivity contribution is 0.564. The molecule has 0 unspecified atom stereocenters. The fraction of sp³-hybridized carbons (Fsp3) is 0.692. The van der Waals surface area contributed by atoms with Gasteiger partial charge in [-0.1, -0.05) is 34.6 Å². The molecule has 0 fully saturated rings. The molecule has 0 N–H and O–H groups in total. The van der Waals surface area contributed by atoms with Crippen molar-refractivity contribution < 1.29 is 0 Å². The molecule has 0 aliphatic rings. The maximum Gasteiger partial charge on any atom is 0.0668 e. The highest BCUT2D eigenvalue weighted by Gasteiger charge is 2.23. The summed E-state index contributed by atoms with van der Waals surface area (Å²) < 4.78 is 0. The third kappa shape index (κ3) is 2.36. The van der Waals surface area contributed by atoms with Crippen molar-refractivity contribution in [3.8, 4) is 0 Å². The Hall–Kier alpha value is -0.920. The second-order valence-corrected chi connectivity index (χ2v) is 5.04. The summed E-state index contributed by atoms with van der Waals surface area (Å²) in [7, 11) is 0. The lowest BCUT2D eigenvalue weighted by Gasteiger charge is -2.25. The number of nitrogens with zero attached hydrogens (tertiary/aromatic N) is 2. The second-order valence-electron chi connectivity index (χ2n) is 5.04. The molecule has 0 aromatic carbocycles. The lowest BCUT2D eigenvalue weighted by atomic mass is 9.81. The first kappa shape index (κ1) is 12.2. The van der Waals surface area contributed by atoms with Crippen LogP contribution in [0.2, 0.25) is 0 Å². The van der Waals surface area contributed by atoms with Crippen molar-refractivity contribution in [2.24, 2.45) is 0 Å². The highest BCUT2D eigenvalue weighted by Crippen LogP contribution is 2.29. The largest absolute Gasteiger partial charge is 0.155 e. The second kappa shape index (κ2) is 4.30. The minimum absolute atomic E-state index is 0.164. The number of hydrogen-bond acceptors (Lipinski definition) is 2. The van der Waals surface area contributed by atoms with E-state index >= 15 is 0 Å². The summed E-state index contributed by atoms with van der Waals surface area (Å²) in [6, 6.07) is 0. The Kier molecular flexibility index (Phi) is 3.48. The molecule has 0 saturated carbocycles. The maximum atomic E-state index is 4.32. The van der Waals surface area contributed by atoms with Crippen molar-refractivity contribution in [3.05, 3.63) is 22.5 Å². The quantitative estimate of drug-likeness (QED) is 0.742. The molecule has 1 aromatic heterocycles. The molecule has 0 radical (unpaired) electrons. The molecule has 15 heavy (non-hydrogen) atoms. The van der Waals surface area contributed by atoms with E-state index in [0.29, 0.717) is 0 Å². The van der Waals surface area contributed by atoms with Gasteiger partial charge in [0.25, 0.3) is 0 Å². The monoisotopic (exact) mass is 206 g/mol. The predicted molar refractivity (Wildman–Crippen MR) is 64.2 cm³/mol. The molecule has 1 heterocycles. The standard InChI is InChI=1S/C13H22N2/c1-7-10-9(3)14-15-11(8-2)12(10)13(4,5)6/h7-8H2,1-6H3. The van der Waals surface area contributed by atoms with Gasteiger partial charge in [-0.15, -0.1) is 0 Å². The molecular weight excluding hydrogens is 184 g/mol. The first-order valence-electron chi connectivity index (χ1n) is 5.77. The van der Waals surface area contributed by atoms with E-state index in [1.807, 2.05) is 0 Å². The van der Waals surface area contributed by atoms with Gasteiger partial charge < -0.3 is 0 Å². The highest BCUT2D eigenvalue weighted by molar-refractivity contribution is 5.37. The Morgan fingerprint density at radius 3 is 2.00 bits per heavy atom. The van der Waals surface area contributed by atoms with Gasteiger partial charge in [-0.2, -0.15) is 10.2 Å². The highest BCUT2D eigenvalue weighted by atomic mass is 15.1. The van der Waals surface area contributed by atoms with Crippen LogP contribution in [0.4, 0.5) is 0 Å². The minimum Gasteiger partial charge on any atom is -0.155 e. The zero-order valence-corrected chi connectivity index (χ0v) is 10.8. The van der Waals surface area contributed by atoms with Gasteiger partial charge in [0.1, 0.15) is 0 Å². The third-order valence-corrected chi connectivity index (χ3v) is 2.79. The zero-order valence-electron chi connectivity index (χ0n) is 10.8. The summed E-state index contributed by atoms with van der Waals surface area (Å²) in [6.07, 6.45) is 2.01. The molecule has 2 nitrogen and oxygen atoms in total. The van der Waals surface area contributed by atoms with Gasteiger partial charge in [-0.25, -0.2) is 0 Å². The van der Waals surface area contributed by atoms with Crippen molar-refractivity contribution in [3.63, 3.8) is 0 Å². The third-order valence-electron chi connectivity index (χ3n) is 2.79. The van der Waals surface area contributed by atoms with Gasteiger partial charge in [0, 0.05) is 0 Å². The van der Waals surface area contributed by atoms with E-state index in [0.717, 1.165) is 24.2 Å². The number of rotatable bonds is 2. The van der Waals surface area contributed by atoms with Gasteiger partial charge in [-0.3, -0.25) is 0 Å². The number of aromatic nitrogens is 2. The van der Waals surface area contributed by atoms with E-state index in [1.54, 1.807) is 0 Å². The summed E-state index contributed by atoms with van der Waals surface area (Å²) in [5.74, 6) is 0. The molecule has 0 amide bonds. The first-order valence-corrected chi connectivity index (χ1v) is 5.77. The first-order chi connectivity index (χ1) is 6.91. The molecule has 0 saturated heterocycles. The summed E-state index contributed by atoms with van der Waals surface area (Å²) in [4.78, 5) is 0. The number of aryl methyl sites for hydroxylation is 2. The van der Waals surface area contributed by atoms with Crippen LogP contribution in [-0.4, -0.2) is 10.2 Å². The summed E-state index contributed by atoms with van der Waals surface area (Å²) >= 11 is 0. The van der Waals surface area contributed by atoms with Gasteiger partial charge >= 0.3 is 0 Å². The normalized spacial score (nSPS) is 11.9. The average Bonchev–Trinajstić information content (AvgIpc) is 2.15. The topological polar surface area (TPSA) is 25.8 Å². The molecule has 0 atom stereocenters. The van der Waals surface area contributed by atoms with Gasteiger partial charge in [0.2, 0.25) is 0 Å². The Morgan fingerprint density at radius 2 is 1.60 bits per heavy atom. The molecule has 0 bridgehead atoms. The van der Waals surface area contributed by atoms with E-state index in [1.165, 1.54) is 11.1 Å². The predicted octanol–water partition coefficient (Wildman–Crippen LogP) is 3.21. The van der Waals surface area contributed by atoms with E-state index in [2.05, 4.69) is 51.7 Å². The summed E-state index contributed by atoms with van der Waals surface area (Å²) in [5.41, 5.74) is 5.19. The van der Waals surface area contributed by atoms with E-state index in [9.17, 15) is 0 Å². The van der Waals surface area contributed by atoms with Crippen LogP contribution in [0.15, 0.2) is 0 Å². The summed E-state index contributed by atoms with van der Waals surface area (Å²) in [6.45, 7) is 13.2. The Labute approximate surface area is 93.1 Å². The van der Waals surface area contributed by atoms with Crippen LogP contribution in [-0.2, 0) is 18.3 Å². The van der Waals surface area contributed by atoms with Crippen molar-refractivity contribution in [1.29, 1.82) is 0 Å². The van der Waals surface area contributed by atoms with Crippen LogP contribution in [0.5, 0.6) is 0 Å². The Balaban J connectivity index is 3.48. The van der Waals surface area contributed by atoms with Crippen LogP contribution in [0, 0.1) is 6.92 Å². The maximum absolute atomic E-state index is 4.32. The van der Waals surface area contributed by atoms with Crippen molar-refractivity contribution in [2.45, 2.75) is 59.8 Å².